The fraction of sp³-hybridized carbons (Fsp3) is 0.667. The average Bonchev–Trinajstić information content (AvgIpc) is 2.37. The minimum atomic E-state index is -0.657. The molecular formula is C9H19NO7. The molecule has 8 heteroatoms. The monoisotopic (exact) mass is 253 g/mol. The number of nitrogens with one attached hydrogen (secondary N) is 1. The van der Waals surface area contributed by atoms with Crippen LogP contribution in [-0.4, -0.2) is 53.7 Å². The van der Waals surface area contributed by atoms with Crippen LogP contribution < -0.4 is 5.32 Å². The first-order chi connectivity index (χ1) is 7.89. The average molecular weight is 253 g/mol. The molecule has 0 rings (SSSR count). The number of hydrogen-bond acceptors (Lipinski definition) is 7. The van der Waals surface area contributed by atoms with E-state index in [1.807, 2.05) is 0 Å². The second kappa shape index (κ2) is 16.4. The predicted octanol–water partition coefficient (Wildman–Crippen LogP) is 0.551. The van der Waals surface area contributed by atoms with E-state index in [9.17, 15) is 14.4 Å². The van der Waals surface area contributed by atoms with Gasteiger partial charge in [-0.1, -0.05) is 0 Å². The number of hydrogen-bond donors (Lipinski definition) is 1. The molecule has 0 spiro atoms. The van der Waals surface area contributed by atoms with E-state index in [4.69, 9.17) is 0 Å². The Bertz CT molecular complexity index is 189. The third-order valence-corrected chi connectivity index (χ3v) is 1.01. The Morgan fingerprint density at radius 3 is 1.18 bits per heavy atom. The molecule has 0 fully saturated rings. The van der Waals surface area contributed by atoms with Crippen molar-refractivity contribution < 1.29 is 33.3 Å². The molecule has 102 valence electrons. The molecule has 0 saturated heterocycles. The number of ether oxygens (including phenoxy) is 4. The number of methoxy groups -OCH3 is 4. The highest BCUT2D eigenvalue weighted by atomic mass is 16.7. The molecule has 0 aromatic rings. The van der Waals surface area contributed by atoms with Gasteiger partial charge < -0.3 is 24.3 Å². The lowest BCUT2D eigenvalue weighted by atomic mass is 10.8. The van der Waals surface area contributed by atoms with E-state index in [0.29, 0.717) is 0 Å². The molecule has 0 unspecified atom stereocenters. The van der Waals surface area contributed by atoms with Crippen molar-refractivity contribution in [3.63, 3.8) is 0 Å². The normalized spacial score (nSPS) is 6.94. The Kier molecular flexibility index (Phi) is 19.8. The lowest BCUT2D eigenvalue weighted by molar-refractivity contribution is -0.137. The van der Waals surface area contributed by atoms with Gasteiger partial charge in [-0.15, -0.1) is 0 Å². The molecule has 0 heterocycles. The maximum Gasteiger partial charge on any atom is 0.507 e. The largest absolute Gasteiger partial charge is 0.507 e. The van der Waals surface area contributed by atoms with E-state index < -0.39 is 12.2 Å². The lowest BCUT2D eigenvalue weighted by Gasteiger charge is -1.90. The number of amides is 1. The zero-order valence-corrected chi connectivity index (χ0v) is 10.9. The molecule has 1 N–H and O–H groups in total. The SMILES string of the molecule is CNC(=O)OC.COC(=O)OC.COC(C)=O. The maximum absolute atomic E-state index is 9.85. The summed E-state index contributed by atoms with van der Waals surface area (Å²) in [5.74, 6) is -0.245. The number of rotatable bonds is 0. The van der Waals surface area contributed by atoms with Crippen LogP contribution in [0.15, 0.2) is 0 Å². The van der Waals surface area contributed by atoms with Gasteiger partial charge in [0.1, 0.15) is 0 Å². The van der Waals surface area contributed by atoms with Crippen molar-refractivity contribution in [2.45, 2.75) is 6.92 Å². The summed E-state index contributed by atoms with van der Waals surface area (Å²) in [6.45, 7) is 1.36. The van der Waals surface area contributed by atoms with Crippen molar-refractivity contribution in [1.29, 1.82) is 0 Å². The first kappa shape index (κ1) is 20.4. The third kappa shape index (κ3) is 31.5. The quantitative estimate of drug-likeness (QED) is 0.497. The van der Waals surface area contributed by atoms with Gasteiger partial charge in [0.15, 0.2) is 0 Å². The molecule has 0 aromatic heterocycles. The van der Waals surface area contributed by atoms with Crippen molar-refractivity contribution in [2.75, 3.05) is 35.5 Å². The highest BCUT2D eigenvalue weighted by Gasteiger charge is 1.88. The zero-order chi connectivity index (χ0) is 14.3. The second-order valence-corrected chi connectivity index (χ2v) is 2.10. The number of alkyl carbamates (subject to hydrolysis) is 1. The van der Waals surface area contributed by atoms with Crippen LogP contribution in [0.2, 0.25) is 0 Å². The fourth-order valence-electron chi connectivity index (χ4n) is 0.185. The molecule has 0 bridgehead atoms. The summed E-state index contributed by atoms with van der Waals surface area (Å²) in [5, 5.41) is 2.25. The van der Waals surface area contributed by atoms with Gasteiger partial charge in [-0.05, 0) is 0 Å². The molecule has 0 aliphatic carbocycles. The van der Waals surface area contributed by atoms with Gasteiger partial charge in [0, 0.05) is 14.0 Å². The Balaban J connectivity index is -0.000000174. The topological polar surface area (TPSA) is 100 Å². The van der Waals surface area contributed by atoms with Crippen LogP contribution in [-0.2, 0) is 23.7 Å². The van der Waals surface area contributed by atoms with E-state index in [-0.39, 0.29) is 5.97 Å². The van der Waals surface area contributed by atoms with Crippen molar-refractivity contribution in [2.24, 2.45) is 0 Å². The molecular weight excluding hydrogens is 234 g/mol. The lowest BCUT2D eigenvalue weighted by Crippen LogP contribution is -2.16. The van der Waals surface area contributed by atoms with Gasteiger partial charge in [0.2, 0.25) is 0 Å². The summed E-state index contributed by atoms with van der Waals surface area (Å²) < 4.78 is 16.3. The standard InChI is InChI=1S/C3H7NO2.C3H6O3.C3H6O2/c1-4-3(5)6-2;1-5-3(4)6-2;1-3(4)5-2/h1-2H3,(H,4,5);1-2H3;1-2H3. The molecule has 8 nitrogen and oxygen atoms in total. The second-order valence-electron chi connectivity index (χ2n) is 2.10. The van der Waals surface area contributed by atoms with Gasteiger partial charge >= 0.3 is 18.2 Å². The smallest absolute Gasteiger partial charge is 0.469 e. The van der Waals surface area contributed by atoms with Gasteiger partial charge in [-0.3, -0.25) is 4.79 Å². The van der Waals surface area contributed by atoms with Gasteiger partial charge in [-0.2, -0.15) is 0 Å². The predicted molar refractivity (Wildman–Crippen MR) is 58.6 cm³/mol. The first-order valence-corrected chi connectivity index (χ1v) is 4.31. The Labute approximate surface area is 100 Å². The number of esters is 1. The molecule has 0 aromatic carbocycles. The summed E-state index contributed by atoms with van der Waals surface area (Å²) >= 11 is 0. The van der Waals surface area contributed by atoms with E-state index in [0.717, 1.165) is 0 Å². The third-order valence-electron chi connectivity index (χ3n) is 1.01. The van der Waals surface area contributed by atoms with Crippen molar-refractivity contribution >= 4 is 18.2 Å². The van der Waals surface area contributed by atoms with Gasteiger partial charge in [-0.25, -0.2) is 9.59 Å². The van der Waals surface area contributed by atoms with Crippen LogP contribution in [0, 0.1) is 0 Å². The summed E-state index contributed by atoms with van der Waals surface area (Å²) in [7, 11) is 6.69. The van der Waals surface area contributed by atoms with Gasteiger partial charge in [0.25, 0.3) is 0 Å². The molecule has 17 heavy (non-hydrogen) atoms. The van der Waals surface area contributed by atoms with Crippen molar-refractivity contribution in [1.82, 2.24) is 5.32 Å². The van der Waals surface area contributed by atoms with E-state index in [2.05, 4.69) is 24.3 Å². The zero-order valence-electron chi connectivity index (χ0n) is 10.9. The molecule has 0 aliphatic heterocycles. The molecule has 1 amide bonds. The summed E-state index contributed by atoms with van der Waals surface area (Å²) in [4.78, 5) is 29.2. The van der Waals surface area contributed by atoms with Crippen LogP contribution in [0.25, 0.3) is 0 Å². The highest BCUT2D eigenvalue weighted by Crippen LogP contribution is 1.72. The Morgan fingerprint density at radius 2 is 1.18 bits per heavy atom. The van der Waals surface area contributed by atoms with E-state index in [1.165, 1.54) is 42.4 Å². The molecule has 0 atom stereocenters. The number of carbonyl (C=O) groups excluding carboxylic acids is 3. The van der Waals surface area contributed by atoms with Crippen molar-refractivity contribution in [3.8, 4) is 0 Å². The van der Waals surface area contributed by atoms with Crippen LogP contribution in [0.1, 0.15) is 6.92 Å². The first-order valence-electron chi connectivity index (χ1n) is 4.31. The van der Waals surface area contributed by atoms with Crippen LogP contribution >= 0.6 is 0 Å². The summed E-state index contributed by atoms with van der Waals surface area (Å²) in [5.41, 5.74) is 0. The highest BCUT2D eigenvalue weighted by molar-refractivity contribution is 5.66. The van der Waals surface area contributed by atoms with Crippen LogP contribution in [0.3, 0.4) is 0 Å². The summed E-state index contributed by atoms with van der Waals surface area (Å²) in [6.07, 6.45) is -1.06. The number of carbonyl (C=O) groups is 3. The van der Waals surface area contributed by atoms with Crippen LogP contribution in [0.4, 0.5) is 9.59 Å². The fourth-order valence-corrected chi connectivity index (χ4v) is 0.185. The Morgan fingerprint density at radius 1 is 0.824 bits per heavy atom. The Hall–Kier alpha value is -1.99. The van der Waals surface area contributed by atoms with E-state index >= 15 is 0 Å². The minimum absolute atomic E-state index is 0.245. The molecule has 0 aliphatic rings. The minimum Gasteiger partial charge on any atom is -0.469 e. The molecule has 0 radical (unpaired) electrons. The molecule has 0 saturated carbocycles. The maximum atomic E-state index is 9.85. The van der Waals surface area contributed by atoms with Crippen molar-refractivity contribution in [3.05, 3.63) is 0 Å². The summed E-state index contributed by atoms with van der Waals surface area (Å²) in [6, 6.07) is 0. The van der Waals surface area contributed by atoms with Crippen LogP contribution in [0.5, 0.6) is 0 Å². The van der Waals surface area contributed by atoms with E-state index in [1.54, 1.807) is 0 Å². The van der Waals surface area contributed by atoms with Gasteiger partial charge in [0.05, 0.1) is 28.4 Å².